The van der Waals surface area contributed by atoms with Crippen LogP contribution in [0.5, 0.6) is 0 Å². The summed E-state index contributed by atoms with van der Waals surface area (Å²) in [5.41, 5.74) is 0. The first kappa shape index (κ1) is 15.1. The van der Waals surface area contributed by atoms with Gasteiger partial charge in [-0.25, -0.2) is 9.67 Å². The highest BCUT2D eigenvalue weighted by atomic mass is 16.4. The second-order valence-corrected chi connectivity index (χ2v) is 6.32. The number of nitrogens with one attached hydrogen (secondary N) is 1. The van der Waals surface area contributed by atoms with Crippen LogP contribution in [-0.4, -0.2) is 31.0 Å². The number of hydrogen-bond donors (Lipinski definition) is 1. The van der Waals surface area contributed by atoms with Gasteiger partial charge in [-0.3, -0.25) is 0 Å². The topological polar surface area (TPSA) is 94.8 Å². The molecule has 1 aliphatic rings. The van der Waals surface area contributed by atoms with Crippen LogP contribution < -0.4 is 5.32 Å². The molecule has 0 saturated heterocycles. The second kappa shape index (κ2) is 6.20. The van der Waals surface area contributed by atoms with E-state index in [1.54, 1.807) is 18.4 Å². The van der Waals surface area contributed by atoms with Crippen LogP contribution in [0.15, 0.2) is 27.2 Å². The maximum absolute atomic E-state index is 5.61. The molecule has 126 valence electrons. The van der Waals surface area contributed by atoms with Gasteiger partial charge in [0, 0.05) is 18.4 Å². The van der Waals surface area contributed by atoms with Crippen LogP contribution in [0.1, 0.15) is 43.7 Å². The van der Waals surface area contributed by atoms with Gasteiger partial charge in [0.2, 0.25) is 5.89 Å². The van der Waals surface area contributed by atoms with Crippen LogP contribution in [0.4, 0.5) is 0 Å². The van der Waals surface area contributed by atoms with Gasteiger partial charge >= 0.3 is 0 Å². The molecule has 0 unspecified atom stereocenters. The van der Waals surface area contributed by atoms with E-state index in [1.165, 1.54) is 0 Å². The molecule has 0 bridgehead atoms. The largest absolute Gasteiger partial charge is 0.459 e. The summed E-state index contributed by atoms with van der Waals surface area (Å²) in [5.74, 6) is 3.89. The number of hydrogen-bond acceptors (Lipinski definition) is 7. The zero-order valence-corrected chi connectivity index (χ0v) is 13.8. The van der Waals surface area contributed by atoms with E-state index in [-0.39, 0.29) is 0 Å². The van der Waals surface area contributed by atoms with Gasteiger partial charge in [-0.1, -0.05) is 13.8 Å². The molecule has 1 N–H and O–H groups in total. The highest BCUT2D eigenvalue weighted by molar-refractivity contribution is 5.42. The summed E-state index contributed by atoms with van der Waals surface area (Å²) in [4.78, 5) is 4.61. The molecule has 0 fully saturated rings. The predicted molar refractivity (Wildman–Crippen MR) is 85.1 cm³/mol. The maximum atomic E-state index is 5.61. The first-order valence-electron chi connectivity index (χ1n) is 8.22. The summed E-state index contributed by atoms with van der Waals surface area (Å²) in [6, 6.07) is 3.91. The zero-order valence-electron chi connectivity index (χ0n) is 13.8. The minimum atomic E-state index is 0.318. The lowest BCUT2D eigenvalue weighted by Gasteiger charge is -2.22. The number of rotatable bonds is 5. The van der Waals surface area contributed by atoms with Crippen LogP contribution in [0.25, 0.3) is 11.7 Å². The Bertz CT molecular complexity index is 805. The third-order valence-electron chi connectivity index (χ3n) is 4.13. The smallest absolute Gasteiger partial charge is 0.283 e. The number of nitrogens with zero attached hydrogens (tertiary/aromatic N) is 5. The second-order valence-electron chi connectivity index (χ2n) is 6.32. The van der Waals surface area contributed by atoms with E-state index in [0.717, 1.165) is 31.0 Å². The van der Waals surface area contributed by atoms with Crippen molar-refractivity contribution in [1.29, 1.82) is 0 Å². The molecule has 0 aliphatic carbocycles. The first-order valence-corrected chi connectivity index (χ1v) is 8.22. The molecule has 8 heteroatoms. The minimum Gasteiger partial charge on any atom is -0.459 e. The van der Waals surface area contributed by atoms with E-state index >= 15 is 0 Å². The highest BCUT2D eigenvalue weighted by Crippen LogP contribution is 2.19. The standard InChI is InChI=1S/C16H20N6O2/c1-10(2)15-18-13-6-5-11(9-22(13)21-15)17-8-14-19-20-16(24-14)12-4-3-7-23-12/h3-4,7,10-11,17H,5-6,8-9H2,1-2H3/t11-/m1/s1. The molecule has 0 saturated carbocycles. The Kier molecular flexibility index (Phi) is 3.89. The van der Waals surface area contributed by atoms with E-state index in [2.05, 4.69) is 39.4 Å². The van der Waals surface area contributed by atoms with Gasteiger partial charge in [0.1, 0.15) is 5.82 Å². The Morgan fingerprint density at radius 1 is 1.38 bits per heavy atom. The van der Waals surface area contributed by atoms with Crippen molar-refractivity contribution in [3.8, 4) is 11.7 Å². The van der Waals surface area contributed by atoms with Gasteiger partial charge in [0.25, 0.3) is 5.89 Å². The van der Waals surface area contributed by atoms with Gasteiger partial charge in [0.05, 0.1) is 19.4 Å². The molecule has 0 spiro atoms. The van der Waals surface area contributed by atoms with E-state index < -0.39 is 0 Å². The van der Waals surface area contributed by atoms with Crippen molar-refractivity contribution in [2.75, 3.05) is 0 Å². The predicted octanol–water partition coefficient (Wildman–Crippen LogP) is 2.15. The number of furan rings is 1. The maximum Gasteiger partial charge on any atom is 0.283 e. The van der Waals surface area contributed by atoms with E-state index in [9.17, 15) is 0 Å². The molecule has 0 aromatic carbocycles. The van der Waals surface area contributed by atoms with Crippen LogP contribution in [0.3, 0.4) is 0 Å². The molecule has 0 amide bonds. The summed E-state index contributed by atoms with van der Waals surface area (Å²) in [7, 11) is 0. The molecule has 0 radical (unpaired) electrons. The van der Waals surface area contributed by atoms with Gasteiger partial charge in [0.15, 0.2) is 11.6 Å². The van der Waals surface area contributed by atoms with E-state index in [1.807, 2.05) is 4.68 Å². The van der Waals surface area contributed by atoms with Crippen molar-refractivity contribution in [1.82, 2.24) is 30.3 Å². The molecule has 1 atom stereocenters. The molecule has 24 heavy (non-hydrogen) atoms. The van der Waals surface area contributed by atoms with Gasteiger partial charge < -0.3 is 14.2 Å². The number of aromatic nitrogens is 5. The lowest BCUT2D eigenvalue weighted by Crippen LogP contribution is -2.37. The zero-order chi connectivity index (χ0) is 16.5. The summed E-state index contributed by atoms with van der Waals surface area (Å²) in [6.45, 7) is 5.57. The summed E-state index contributed by atoms with van der Waals surface area (Å²) < 4.78 is 12.9. The molecule has 3 aromatic rings. The third-order valence-corrected chi connectivity index (χ3v) is 4.13. The summed E-state index contributed by atoms with van der Waals surface area (Å²) >= 11 is 0. The summed E-state index contributed by atoms with van der Waals surface area (Å²) in [5, 5.41) is 16.1. The Hall–Kier alpha value is -2.48. The normalized spacial score (nSPS) is 17.4. The Balaban J connectivity index is 1.37. The third kappa shape index (κ3) is 2.96. The summed E-state index contributed by atoms with van der Waals surface area (Å²) in [6.07, 6.45) is 3.54. The van der Waals surface area contributed by atoms with E-state index in [4.69, 9.17) is 8.83 Å². The van der Waals surface area contributed by atoms with Crippen molar-refractivity contribution in [3.05, 3.63) is 35.9 Å². The van der Waals surface area contributed by atoms with Crippen LogP contribution in [0.2, 0.25) is 0 Å². The fourth-order valence-corrected chi connectivity index (χ4v) is 2.80. The average Bonchev–Trinajstić information content (AvgIpc) is 3.30. The van der Waals surface area contributed by atoms with Crippen molar-refractivity contribution in [3.63, 3.8) is 0 Å². The lowest BCUT2D eigenvalue weighted by atomic mass is 10.1. The van der Waals surface area contributed by atoms with Crippen LogP contribution >= 0.6 is 0 Å². The quantitative estimate of drug-likeness (QED) is 0.766. The molecular weight excluding hydrogens is 308 g/mol. The molecule has 4 rings (SSSR count). The van der Waals surface area contributed by atoms with Crippen LogP contribution in [0, 0.1) is 0 Å². The van der Waals surface area contributed by atoms with Crippen molar-refractivity contribution >= 4 is 0 Å². The van der Waals surface area contributed by atoms with Crippen molar-refractivity contribution < 1.29 is 8.83 Å². The number of aryl methyl sites for hydroxylation is 1. The fourth-order valence-electron chi connectivity index (χ4n) is 2.80. The first-order chi connectivity index (χ1) is 11.7. The lowest BCUT2D eigenvalue weighted by molar-refractivity contribution is 0.341. The molecule has 8 nitrogen and oxygen atoms in total. The Labute approximate surface area is 139 Å². The molecule has 3 aromatic heterocycles. The monoisotopic (exact) mass is 328 g/mol. The highest BCUT2D eigenvalue weighted by Gasteiger charge is 2.22. The van der Waals surface area contributed by atoms with E-state index in [0.29, 0.717) is 36.0 Å². The van der Waals surface area contributed by atoms with Crippen molar-refractivity contribution in [2.24, 2.45) is 0 Å². The molecular formula is C16H20N6O2. The number of fused-ring (bicyclic) bond motifs is 1. The van der Waals surface area contributed by atoms with Crippen LogP contribution in [-0.2, 0) is 19.5 Å². The van der Waals surface area contributed by atoms with Gasteiger partial charge in [-0.15, -0.1) is 10.2 Å². The average molecular weight is 328 g/mol. The SMILES string of the molecule is CC(C)c1nc2n(n1)C[C@H](NCc1nnc(-c3ccco3)o1)CC2. The minimum absolute atomic E-state index is 0.318. The molecule has 1 aliphatic heterocycles. The van der Waals surface area contributed by atoms with Gasteiger partial charge in [-0.05, 0) is 18.6 Å². The van der Waals surface area contributed by atoms with Gasteiger partial charge in [-0.2, -0.15) is 5.10 Å². The Morgan fingerprint density at radius 2 is 2.29 bits per heavy atom. The molecule has 4 heterocycles. The Morgan fingerprint density at radius 3 is 3.08 bits per heavy atom. The fraction of sp³-hybridized carbons (Fsp3) is 0.500. The van der Waals surface area contributed by atoms with Crippen molar-refractivity contribution in [2.45, 2.75) is 51.7 Å².